The summed E-state index contributed by atoms with van der Waals surface area (Å²) in [6.45, 7) is 5.47. The number of anilines is 1. The second-order valence-electron chi connectivity index (χ2n) is 11.5. The topological polar surface area (TPSA) is 86.8 Å². The van der Waals surface area contributed by atoms with Crippen molar-refractivity contribution in [3.63, 3.8) is 0 Å². The maximum Gasteiger partial charge on any atom is 0.264 e. The van der Waals surface area contributed by atoms with Crippen LogP contribution in [-0.4, -0.2) is 44.3 Å². The van der Waals surface area contributed by atoms with Gasteiger partial charge < -0.3 is 10.2 Å². The van der Waals surface area contributed by atoms with E-state index in [1.807, 2.05) is 51.1 Å². The lowest BCUT2D eigenvalue weighted by atomic mass is 10.0. The van der Waals surface area contributed by atoms with E-state index in [-0.39, 0.29) is 50.4 Å². The maximum atomic E-state index is 14.6. The molecule has 0 saturated heterocycles. The molecule has 0 radical (unpaired) electrons. The molecule has 0 fully saturated rings. The van der Waals surface area contributed by atoms with E-state index < -0.39 is 28.5 Å². The highest BCUT2D eigenvalue weighted by molar-refractivity contribution is 7.92. The second kappa shape index (κ2) is 16.2. The van der Waals surface area contributed by atoms with Gasteiger partial charge in [0.1, 0.15) is 12.6 Å². The normalized spacial score (nSPS) is 12.1. The number of sulfonamides is 1. The average Bonchev–Trinajstić information content (AvgIpc) is 3.04. The minimum absolute atomic E-state index is 0.0199. The van der Waals surface area contributed by atoms with Crippen molar-refractivity contribution < 1.29 is 18.0 Å². The number of carbonyl (C=O) groups is 2. The van der Waals surface area contributed by atoms with Gasteiger partial charge in [0.25, 0.3) is 10.0 Å². The van der Waals surface area contributed by atoms with Gasteiger partial charge >= 0.3 is 0 Å². The number of aryl methyl sites for hydroxylation is 1. The minimum atomic E-state index is -4.30. The number of rotatable bonds is 13. The fourth-order valence-electron chi connectivity index (χ4n) is 4.82. The Hall–Kier alpha value is -3.27. The van der Waals surface area contributed by atoms with Crippen molar-refractivity contribution in [3.8, 4) is 0 Å². The van der Waals surface area contributed by atoms with E-state index in [4.69, 9.17) is 46.4 Å². The number of amides is 2. The van der Waals surface area contributed by atoms with E-state index in [9.17, 15) is 18.0 Å². The van der Waals surface area contributed by atoms with Crippen LogP contribution in [0.4, 0.5) is 5.69 Å². The Kier molecular flexibility index (Phi) is 12.6. The number of halogens is 4. The SMILES string of the molecule is Cc1ccc(S(=O)(=O)N(CC(=O)N(Cc2ccc(Cl)c(Cl)c2)[C@@H](Cc2ccccc2)C(=O)NCC(C)C)c2ccc(Cl)c(Cl)c2)cc1. The van der Waals surface area contributed by atoms with Crippen molar-refractivity contribution in [2.75, 3.05) is 17.4 Å². The lowest BCUT2D eigenvalue weighted by molar-refractivity contribution is -0.140. The Morgan fingerprint density at radius 2 is 1.38 bits per heavy atom. The molecule has 0 aliphatic carbocycles. The molecule has 1 N–H and O–H groups in total. The Labute approximate surface area is 296 Å². The minimum Gasteiger partial charge on any atom is -0.354 e. The Balaban J connectivity index is 1.83. The summed E-state index contributed by atoms with van der Waals surface area (Å²) in [6, 6.07) is 23.9. The van der Waals surface area contributed by atoms with Crippen molar-refractivity contribution >= 4 is 73.9 Å². The molecule has 0 aromatic heterocycles. The fourth-order valence-corrected chi connectivity index (χ4v) is 6.84. The van der Waals surface area contributed by atoms with Gasteiger partial charge in [0, 0.05) is 19.5 Å². The number of nitrogens with zero attached hydrogens (tertiary/aromatic N) is 2. The number of hydrogen-bond donors (Lipinski definition) is 1. The van der Waals surface area contributed by atoms with Gasteiger partial charge in [-0.2, -0.15) is 0 Å². The molecule has 0 saturated carbocycles. The lowest BCUT2D eigenvalue weighted by Crippen LogP contribution is -2.53. The summed E-state index contributed by atoms with van der Waals surface area (Å²) in [4.78, 5) is 29.8. The third kappa shape index (κ3) is 9.64. The van der Waals surface area contributed by atoms with E-state index >= 15 is 0 Å². The molecule has 0 bridgehead atoms. The third-order valence-corrected chi connectivity index (χ3v) is 10.6. The van der Waals surface area contributed by atoms with Crippen LogP contribution in [-0.2, 0) is 32.6 Å². The molecule has 4 aromatic carbocycles. The molecule has 0 aliphatic heterocycles. The summed E-state index contributed by atoms with van der Waals surface area (Å²) in [5, 5.41) is 3.91. The molecule has 0 spiro atoms. The van der Waals surface area contributed by atoms with Gasteiger partial charge in [0.2, 0.25) is 11.8 Å². The Morgan fingerprint density at radius 1 is 0.766 bits per heavy atom. The van der Waals surface area contributed by atoms with Crippen LogP contribution in [0, 0.1) is 12.8 Å². The van der Waals surface area contributed by atoms with Crippen molar-refractivity contribution in [3.05, 3.63) is 128 Å². The zero-order valence-corrected chi connectivity index (χ0v) is 29.9. The van der Waals surface area contributed by atoms with Gasteiger partial charge in [-0.3, -0.25) is 13.9 Å². The lowest BCUT2D eigenvalue weighted by Gasteiger charge is -2.34. The molecule has 2 amide bonds. The van der Waals surface area contributed by atoms with Gasteiger partial charge in [-0.05, 0) is 66.4 Å². The smallest absolute Gasteiger partial charge is 0.264 e. The predicted octanol–water partition coefficient (Wildman–Crippen LogP) is 8.22. The first-order chi connectivity index (χ1) is 22.3. The largest absolute Gasteiger partial charge is 0.354 e. The standard InChI is InChI=1S/C35H35Cl4N3O4S/c1-23(2)20-40-35(44)33(18-25-7-5-4-6-8-25)41(21-26-11-15-29(36)31(38)17-26)34(43)22-42(27-12-16-30(37)32(39)19-27)47(45,46)28-13-9-24(3)10-14-28/h4-17,19,23,33H,18,20-22H2,1-3H3,(H,40,44)/t33-/m0/s1. The summed E-state index contributed by atoms with van der Waals surface area (Å²) < 4.78 is 29.3. The summed E-state index contributed by atoms with van der Waals surface area (Å²) in [6.07, 6.45) is 0.176. The van der Waals surface area contributed by atoms with Crippen molar-refractivity contribution in [2.45, 2.75) is 44.7 Å². The molecule has 248 valence electrons. The molecule has 1 atom stereocenters. The van der Waals surface area contributed by atoms with Crippen molar-refractivity contribution in [1.29, 1.82) is 0 Å². The zero-order chi connectivity index (χ0) is 34.3. The first-order valence-electron chi connectivity index (χ1n) is 14.9. The molecule has 0 unspecified atom stereocenters. The summed E-state index contributed by atoms with van der Waals surface area (Å²) in [5.74, 6) is -0.850. The molecule has 47 heavy (non-hydrogen) atoms. The van der Waals surface area contributed by atoms with E-state index in [1.165, 1.54) is 35.2 Å². The van der Waals surface area contributed by atoms with Gasteiger partial charge in [0.05, 0.1) is 30.7 Å². The highest BCUT2D eigenvalue weighted by Crippen LogP contribution is 2.31. The average molecular weight is 736 g/mol. The molecule has 0 aliphatic rings. The van der Waals surface area contributed by atoms with Crippen LogP contribution in [0.2, 0.25) is 20.1 Å². The van der Waals surface area contributed by atoms with E-state index in [2.05, 4.69) is 5.32 Å². The van der Waals surface area contributed by atoms with Crippen LogP contribution >= 0.6 is 46.4 Å². The first kappa shape index (κ1) is 36.6. The van der Waals surface area contributed by atoms with Crippen LogP contribution < -0.4 is 9.62 Å². The number of carbonyl (C=O) groups excluding carboxylic acids is 2. The summed E-state index contributed by atoms with van der Waals surface area (Å²) >= 11 is 25.0. The highest BCUT2D eigenvalue weighted by atomic mass is 35.5. The van der Waals surface area contributed by atoms with Gasteiger partial charge in [-0.1, -0.05) is 114 Å². The Bertz CT molecular complexity index is 1820. The molecule has 4 aromatic rings. The second-order valence-corrected chi connectivity index (χ2v) is 15.0. The molecular formula is C35H35Cl4N3O4S. The fraction of sp³-hybridized carbons (Fsp3) is 0.257. The van der Waals surface area contributed by atoms with Gasteiger partial charge in [-0.15, -0.1) is 0 Å². The van der Waals surface area contributed by atoms with Gasteiger partial charge in [-0.25, -0.2) is 8.42 Å². The van der Waals surface area contributed by atoms with Crippen LogP contribution in [0.15, 0.2) is 95.9 Å². The van der Waals surface area contributed by atoms with Crippen LogP contribution in [0.5, 0.6) is 0 Å². The predicted molar refractivity (Wildman–Crippen MR) is 191 cm³/mol. The van der Waals surface area contributed by atoms with E-state index in [0.717, 1.165) is 15.4 Å². The monoisotopic (exact) mass is 733 g/mol. The Morgan fingerprint density at radius 3 is 1.98 bits per heavy atom. The molecule has 0 heterocycles. The number of nitrogens with one attached hydrogen (secondary N) is 1. The van der Waals surface area contributed by atoms with E-state index in [1.54, 1.807) is 30.3 Å². The van der Waals surface area contributed by atoms with Crippen LogP contribution in [0.25, 0.3) is 0 Å². The molecule has 12 heteroatoms. The van der Waals surface area contributed by atoms with Crippen molar-refractivity contribution in [2.24, 2.45) is 5.92 Å². The quantitative estimate of drug-likeness (QED) is 0.150. The molecule has 4 rings (SSSR count). The summed E-state index contributed by atoms with van der Waals surface area (Å²) in [7, 11) is -4.30. The molecule has 7 nitrogen and oxygen atoms in total. The first-order valence-corrected chi connectivity index (χ1v) is 17.8. The van der Waals surface area contributed by atoms with Crippen LogP contribution in [0.1, 0.15) is 30.5 Å². The van der Waals surface area contributed by atoms with Gasteiger partial charge in [0.15, 0.2) is 0 Å². The zero-order valence-electron chi connectivity index (χ0n) is 26.1. The summed E-state index contributed by atoms with van der Waals surface area (Å²) in [5.41, 5.74) is 2.42. The van der Waals surface area contributed by atoms with E-state index in [0.29, 0.717) is 17.1 Å². The number of benzene rings is 4. The van der Waals surface area contributed by atoms with Crippen molar-refractivity contribution in [1.82, 2.24) is 10.2 Å². The van der Waals surface area contributed by atoms with Crippen LogP contribution in [0.3, 0.4) is 0 Å². The maximum absolute atomic E-state index is 14.6. The third-order valence-electron chi connectivity index (χ3n) is 7.37. The molecular weight excluding hydrogens is 700 g/mol. The number of hydrogen-bond acceptors (Lipinski definition) is 4. The highest BCUT2D eigenvalue weighted by Gasteiger charge is 2.35.